The number of nitrogens with one attached hydrogen (secondary N) is 1. The van der Waals surface area contributed by atoms with Gasteiger partial charge in [0.2, 0.25) is 0 Å². The Balaban J connectivity index is 1.98. The van der Waals surface area contributed by atoms with Crippen molar-refractivity contribution in [3.05, 3.63) is 68.6 Å². The number of rotatable bonds is 11. The van der Waals surface area contributed by atoms with Crippen LogP contribution >= 0.6 is 39.5 Å². The molecule has 2 aromatic rings. The SMILES string of the molecule is CCOC(=O)CNCP(=O)(OCc1ccc(Br)cc1)OCc1ccc(Br)cc1. The van der Waals surface area contributed by atoms with Gasteiger partial charge in [0.05, 0.1) is 32.7 Å². The van der Waals surface area contributed by atoms with Gasteiger partial charge in [-0.2, -0.15) is 0 Å². The Morgan fingerprint density at radius 2 is 1.39 bits per heavy atom. The first-order chi connectivity index (χ1) is 13.4. The maximum atomic E-state index is 13.2. The summed E-state index contributed by atoms with van der Waals surface area (Å²) in [5.74, 6) is -0.421. The lowest BCUT2D eigenvalue weighted by molar-refractivity contribution is -0.141. The molecule has 0 spiro atoms. The monoisotopic (exact) mass is 533 g/mol. The van der Waals surface area contributed by atoms with E-state index >= 15 is 0 Å². The van der Waals surface area contributed by atoms with Crippen molar-refractivity contribution in [2.75, 3.05) is 19.4 Å². The van der Waals surface area contributed by atoms with Crippen LogP contribution in [-0.4, -0.2) is 25.4 Å². The smallest absolute Gasteiger partial charge is 0.344 e. The molecule has 0 aromatic heterocycles. The fourth-order valence-electron chi connectivity index (χ4n) is 2.14. The first-order valence-corrected chi connectivity index (χ1v) is 11.9. The average Bonchev–Trinajstić information content (AvgIpc) is 2.67. The van der Waals surface area contributed by atoms with E-state index in [0.29, 0.717) is 0 Å². The van der Waals surface area contributed by atoms with Crippen LogP contribution in [-0.2, 0) is 36.4 Å². The highest BCUT2D eigenvalue weighted by Gasteiger charge is 2.25. The van der Waals surface area contributed by atoms with Gasteiger partial charge in [-0.1, -0.05) is 56.1 Å². The summed E-state index contributed by atoms with van der Waals surface area (Å²) in [5, 5.41) is 2.80. The number of hydrogen-bond acceptors (Lipinski definition) is 6. The molecule has 152 valence electrons. The standard InChI is InChI=1S/C19H22Br2NO5P/c1-2-25-19(23)11-22-14-28(24,26-12-15-3-7-17(20)8-4-15)27-13-16-5-9-18(21)10-6-16/h3-10,22H,2,11-14H2,1H3. The molecular weight excluding hydrogens is 513 g/mol. The Labute approximate surface area is 181 Å². The van der Waals surface area contributed by atoms with Gasteiger partial charge in [0.25, 0.3) is 0 Å². The quantitative estimate of drug-likeness (QED) is 0.313. The van der Waals surface area contributed by atoms with E-state index in [0.717, 1.165) is 20.1 Å². The first-order valence-electron chi connectivity index (χ1n) is 8.63. The third-order valence-corrected chi connectivity index (χ3v) is 6.28. The molecule has 0 fully saturated rings. The van der Waals surface area contributed by atoms with E-state index in [1.165, 1.54) is 0 Å². The molecule has 2 rings (SSSR count). The molecule has 1 N–H and O–H groups in total. The van der Waals surface area contributed by atoms with E-state index in [-0.39, 0.29) is 32.7 Å². The van der Waals surface area contributed by atoms with Crippen LogP contribution in [0, 0.1) is 0 Å². The predicted octanol–water partition coefficient (Wildman–Crippen LogP) is 5.25. The molecule has 0 bridgehead atoms. The van der Waals surface area contributed by atoms with E-state index < -0.39 is 13.6 Å². The molecule has 28 heavy (non-hydrogen) atoms. The molecule has 0 radical (unpaired) electrons. The molecule has 0 amide bonds. The van der Waals surface area contributed by atoms with Gasteiger partial charge in [0.15, 0.2) is 0 Å². The summed E-state index contributed by atoms with van der Waals surface area (Å²) >= 11 is 6.75. The van der Waals surface area contributed by atoms with Gasteiger partial charge in [-0.25, -0.2) is 0 Å². The summed E-state index contributed by atoms with van der Waals surface area (Å²) in [6.45, 7) is 2.21. The number of esters is 1. The van der Waals surface area contributed by atoms with Crippen molar-refractivity contribution in [3.63, 3.8) is 0 Å². The molecule has 6 nitrogen and oxygen atoms in total. The van der Waals surface area contributed by atoms with Crippen LogP contribution < -0.4 is 5.32 Å². The molecule has 0 saturated heterocycles. The van der Waals surface area contributed by atoms with Crippen LogP contribution in [0.3, 0.4) is 0 Å². The highest BCUT2D eigenvalue weighted by atomic mass is 79.9. The second kappa shape index (κ2) is 11.9. The molecule has 0 atom stereocenters. The molecular formula is C19H22Br2NO5P. The molecule has 0 aliphatic rings. The zero-order valence-corrected chi connectivity index (χ0v) is 19.5. The van der Waals surface area contributed by atoms with Gasteiger partial charge >= 0.3 is 13.6 Å². The number of benzene rings is 2. The third kappa shape index (κ3) is 8.55. The van der Waals surface area contributed by atoms with Crippen LogP contribution in [0.5, 0.6) is 0 Å². The summed E-state index contributed by atoms with van der Waals surface area (Å²) in [4.78, 5) is 11.5. The molecule has 9 heteroatoms. The number of halogens is 2. The van der Waals surface area contributed by atoms with Crippen LogP contribution in [0.4, 0.5) is 0 Å². The van der Waals surface area contributed by atoms with Gasteiger partial charge in [0.1, 0.15) is 0 Å². The second-order valence-electron chi connectivity index (χ2n) is 5.80. The van der Waals surface area contributed by atoms with E-state index in [1.54, 1.807) is 6.92 Å². The van der Waals surface area contributed by atoms with Gasteiger partial charge in [-0.3, -0.25) is 14.7 Å². The Kier molecular flexibility index (Phi) is 9.85. The van der Waals surface area contributed by atoms with Gasteiger partial charge < -0.3 is 13.8 Å². The van der Waals surface area contributed by atoms with Crippen molar-refractivity contribution in [1.82, 2.24) is 5.32 Å². The first kappa shape index (κ1) is 23.3. The van der Waals surface area contributed by atoms with E-state index in [2.05, 4.69) is 37.2 Å². The lowest BCUT2D eigenvalue weighted by atomic mass is 10.2. The predicted molar refractivity (Wildman–Crippen MR) is 115 cm³/mol. The highest BCUT2D eigenvalue weighted by molar-refractivity contribution is 9.10. The summed E-state index contributed by atoms with van der Waals surface area (Å²) < 4.78 is 31.2. The van der Waals surface area contributed by atoms with Gasteiger partial charge in [-0.05, 0) is 42.3 Å². The lowest BCUT2D eigenvalue weighted by Crippen LogP contribution is -2.26. The molecule has 0 aliphatic carbocycles. The van der Waals surface area contributed by atoms with Crippen LogP contribution in [0.25, 0.3) is 0 Å². The van der Waals surface area contributed by atoms with Crippen molar-refractivity contribution in [3.8, 4) is 0 Å². The molecule has 0 saturated carbocycles. The zero-order valence-electron chi connectivity index (χ0n) is 15.4. The van der Waals surface area contributed by atoms with Crippen molar-refractivity contribution >= 4 is 45.4 Å². The highest BCUT2D eigenvalue weighted by Crippen LogP contribution is 2.48. The normalized spacial score (nSPS) is 11.4. The minimum atomic E-state index is -3.49. The van der Waals surface area contributed by atoms with E-state index in [9.17, 15) is 9.36 Å². The van der Waals surface area contributed by atoms with Crippen LogP contribution in [0.15, 0.2) is 57.5 Å². The van der Waals surface area contributed by atoms with Crippen molar-refractivity contribution in [2.45, 2.75) is 20.1 Å². The number of carbonyl (C=O) groups excluding carboxylic acids is 1. The van der Waals surface area contributed by atoms with Crippen LogP contribution in [0.1, 0.15) is 18.1 Å². The Hall–Kier alpha value is -1.02. The Bertz CT molecular complexity index is 745. The minimum Gasteiger partial charge on any atom is -0.465 e. The maximum absolute atomic E-state index is 13.2. The zero-order chi connectivity index (χ0) is 20.4. The van der Waals surface area contributed by atoms with Crippen molar-refractivity contribution in [1.29, 1.82) is 0 Å². The fraction of sp³-hybridized carbons (Fsp3) is 0.316. The molecule has 2 aromatic carbocycles. The second-order valence-corrected chi connectivity index (χ2v) is 9.69. The largest absolute Gasteiger partial charge is 0.465 e. The molecule has 0 aliphatic heterocycles. The van der Waals surface area contributed by atoms with Crippen LogP contribution in [0.2, 0.25) is 0 Å². The third-order valence-electron chi connectivity index (χ3n) is 3.56. The maximum Gasteiger partial charge on any atom is 0.344 e. The number of ether oxygens (including phenoxy) is 1. The van der Waals surface area contributed by atoms with Gasteiger partial charge in [0, 0.05) is 8.95 Å². The topological polar surface area (TPSA) is 73.9 Å². The lowest BCUT2D eigenvalue weighted by Gasteiger charge is -2.19. The number of hydrogen-bond donors (Lipinski definition) is 1. The molecule has 0 unspecified atom stereocenters. The van der Waals surface area contributed by atoms with Gasteiger partial charge in [-0.15, -0.1) is 0 Å². The summed E-state index contributed by atoms with van der Waals surface area (Å²) in [6.07, 6.45) is -0.0983. The van der Waals surface area contributed by atoms with E-state index in [1.807, 2.05) is 48.5 Å². The summed E-state index contributed by atoms with van der Waals surface area (Å²) in [6, 6.07) is 15.0. The number of carbonyl (C=O) groups is 1. The Morgan fingerprint density at radius 1 is 0.929 bits per heavy atom. The Morgan fingerprint density at radius 3 is 1.82 bits per heavy atom. The minimum absolute atomic E-state index is 0.0683. The van der Waals surface area contributed by atoms with E-state index in [4.69, 9.17) is 13.8 Å². The van der Waals surface area contributed by atoms with Crippen molar-refractivity contribution < 1.29 is 23.1 Å². The summed E-state index contributed by atoms with van der Waals surface area (Å²) in [5.41, 5.74) is 1.72. The molecule has 0 heterocycles. The average molecular weight is 535 g/mol. The summed E-state index contributed by atoms with van der Waals surface area (Å²) in [7, 11) is -3.49. The fourth-order valence-corrected chi connectivity index (χ4v) is 4.01. The van der Waals surface area contributed by atoms with Crippen molar-refractivity contribution in [2.24, 2.45) is 0 Å².